The molecule has 2 saturated heterocycles. The van der Waals surface area contributed by atoms with Crippen molar-refractivity contribution in [3.63, 3.8) is 0 Å². The quantitative estimate of drug-likeness (QED) is 0.782. The number of carbonyl (C=O) groups is 2. The lowest BCUT2D eigenvalue weighted by atomic mass is 10.2. The molecule has 164 valence electrons. The van der Waals surface area contributed by atoms with Crippen molar-refractivity contribution in [1.29, 1.82) is 0 Å². The summed E-state index contributed by atoms with van der Waals surface area (Å²) in [5, 5.41) is 3.55. The minimum Gasteiger partial charge on any atom is -0.472 e. The minimum atomic E-state index is -0.233. The summed E-state index contributed by atoms with van der Waals surface area (Å²) in [6.45, 7) is 5.03. The maximum absolute atomic E-state index is 12.9. The summed E-state index contributed by atoms with van der Waals surface area (Å²) in [7, 11) is 0. The van der Waals surface area contributed by atoms with Crippen LogP contribution in [0.2, 0.25) is 5.02 Å². The number of ether oxygens (including phenoxy) is 2. The van der Waals surface area contributed by atoms with Crippen LogP contribution in [0.1, 0.15) is 22.3 Å². The van der Waals surface area contributed by atoms with E-state index in [2.05, 4.69) is 10.3 Å². The molecule has 2 fully saturated rings. The summed E-state index contributed by atoms with van der Waals surface area (Å²) in [5.41, 5.74) is 2.05. The molecule has 8 nitrogen and oxygen atoms in total. The fourth-order valence-electron chi connectivity index (χ4n) is 3.71. The van der Waals surface area contributed by atoms with Crippen molar-refractivity contribution in [2.75, 3.05) is 44.7 Å². The van der Waals surface area contributed by atoms with Crippen LogP contribution >= 0.6 is 11.6 Å². The van der Waals surface area contributed by atoms with E-state index in [9.17, 15) is 9.59 Å². The standard InChI is InChI=1S/C22H25ClN4O4/c1-15-13-16(23)4-5-19(15)25-22(29)27-8-6-17(14-27)31-20-18(3-2-7-24-20)21(28)26-9-11-30-12-10-26/h2-5,7,13,17H,6,8-12,14H2,1H3,(H,25,29). The molecule has 9 heteroatoms. The number of nitrogens with zero attached hydrogens (tertiary/aromatic N) is 3. The lowest BCUT2D eigenvalue weighted by Gasteiger charge is -2.27. The van der Waals surface area contributed by atoms with Crippen molar-refractivity contribution in [2.24, 2.45) is 0 Å². The maximum atomic E-state index is 12.9. The Kier molecular flexibility index (Phi) is 6.58. The van der Waals surface area contributed by atoms with Crippen molar-refractivity contribution in [2.45, 2.75) is 19.4 Å². The van der Waals surface area contributed by atoms with Crippen LogP contribution in [-0.4, -0.2) is 72.2 Å². The van der Waals surface area contributed by atoms with Gasteiger partial charge in [0.1, 0.15) is 11.7 Å². The molecule has 0 aliphatic carbocycles. The molecule has 2 aliphatic heterocycles. The van der Waals surface area contributed by atoms with Crippen LogP contribution in [0.5, 0.6) is 5.88 Å². The van der Waals surface area contributed by atoms with Crippen molar-refractivity contribution < 1.29 is 19.1 Å². The molecule has 3 heterocycles. The predicted octanol–water partition coefficient (Wildman–Crippen LogP) is 3.20. The van der Waals surface area contributed by atoms with Gasteiger partial charge in [0, 0.05) is 43.0 Å². The number of rotatable bonds is 4. The van der Waals surface area contributed by atoms with Gasteiger partial charge in [-0.15, -0.1) is 0 Å². The second-order valence-corrected chi connectivity index (χ2v) is 8.06. The zero-order valence-electron chi connectivity index (χ0n) is 17.3. The van der Waals surface area contributed by atoms with Crippen LogP contribution in [0.15, 0.2) is 36.5 Å². The molecule has 1 unspecified atom stereocenters. The smallest absolute Gasteiger partial charge is 0.321 e. The van der Waals surface area contributed by atoms with Crippen LogP contribution in [0.3, 0.4) is 0 Å². The SMILES string of the molecule is Cc1cc(Cl)ccc1NC(=O)N1CCC(Oc2ncccc2C(=O)N2CCOCC2)C1. The van der Waals surface area contributed by atoms with Crippen molar-refractivity contribution in [3.05, 3.63) is 52.7 Å². The molecule has 0 radical (unpaired) electrons. The number of carbonyl (C=O) groups excluding carboxylic acids is 2. The molecule has 3 amide bonds. The van der Waals surface area contributed by atoms with Gasteiger partial charge in [-0.25, -0.2) is 9.78 Å². The first-order valence-electron chi connectivity index (χ1n) is 10.3. The topological polar surface area (TPSA) is 84.0 Å². The number of amides is 3. The number of anilines is 1. The summed E-state index contributed by atoms with van der Waals surface area (Å²) in [6.07, 6.45) is 2.03. The van der Waals surface area contributed by atoms with E-state index in [0.717, 1.165) is 11.3 Å². The van der Waals surface area contributed by atoms with Crippen LogP contribution < -0.4 is 10.1 Å². The second kappa shape index (κ2) is 9.53. The van der Waals surface area contributed by atoms with Crippen LogP contribution in [0.4, 0.5) is 10.5 Å². The van der Waals surface area contributed by atoms with E-state index in [1.54, 1.807) is 46.3 Å². The number of morpholine rings is 1. The number of halogens is 1. The van der Waals surface area contributed by atoms with Gasteiger partial charge in [-0.3, -0.25) is 4.79 Å². The Bertz CT molecular complexity index is 964. The molecule has 0 bridgehead atoms. The van der Waals surface area contributed by atoms with E-state index >= 15 is 0 Å². The first kappa shape index (κ1) is 21.4. The van der Waals surface area contributed by atoms with Crippen molar-refractivity contribution in [1.82, 2.24) is 14.8 Å². The van der Waals surface area contributed by atoms with Crippen molar-refractivity contribution >= 4 is 29.2 Å². The Morgan fingerprint density at radius 2 is 2.00 bits per heavy atom. The molecule has 2 aliphatic rings. The Morgan fingerprint density at radius 3 is 2.77 bits per heavy atom. The highest BCUT2D eigenvalue weighted by molar-refractivity contribution is 6.30. The Labute approximate surface area is 186 Å². The minimum absolute atomic E-state index is 0.114. The Hall–Kier alpha value is -2.84. The number of pyridine rings is 1. The molecule has 1 aromatic heterocycles. The van der Waals surface area contributed by atoms with Gasteiger partial charge in [0.15, 0.2) is 0 Å². The second-order valence-electron chi connectivity index (χ2n) is 7.62. The largest absolute Gasteiger partial charge is 0.472 e. The summed E-state index contributed by atoms with van der Waals surface area (Å²) in [6, 6.07) is 8.60. The van der Waals surface area contributed by atoms with E-state index in [1.807, 2.05) is 6.92 Å². The third-order valence-electron chi connectivity index (χ3n) is 5.44. The Balaban J connectivity index is 1.38. The molecule has 1 atom stereocenters. The van der Waals surface area contributed by atoms with E-state index in [0.29, 0.717) is 62.3 Å². The third kappa shape index (κ3) is 5.08. The molecular weight excluding hydrogens is 420 g/mol. The third-order valence-corrected chi connectivity index (χ3v) is 5.68. The van der Waals surface area contributed by atoms with Gasteiger partial charge in [0.25, 0.3) is 5.91 Å². The highest BCUT2D eigenvalue weighted by atomic mass is 35.5. The monoisotopic (exact) mass is 444 g/mol. The number of benzene rings is 1. The molecule has 0 saturated carbocycles. The van der Waals surface area contributed by atoms with Gasteiger partial charge in [0.2, 0.25) is 5.88 Å². The first-order chi connectivity index (χ1) is 15.0. The van der Waals surface area contributed by atoms with Gasteiger partial charge in [-0.05, 0) is 42.8 Å². The molecule has 4 rings (SSSR count). The average molecular weight is 445 g/mol. The number of urea groups is 1. The van der Waals surface area contributed by atoms with E-state index < -0.39 is 0 Å². The van der Waals surface area contributed by atoms with Gasteiger partial charge >= 0.3 is 6.03 Å². The lowest BCUT2D eigenvalue weighted by molar-refractivity contribution is 0.0298. The maximum Gasteiger partial charge on any atom is 0.321 e. The highest BCUT2D eigenvalue weighted by Gasteiger charge is 2.30. The summed E-state index contributed by atoms with van der Waals surface area (Å²) in [5.74, 6) is 0.192. The summed E-state index contributed by atoms with van der Waals surface area (Å²) in [4.78, 5) is 33.3. The first-order valence-corrected chi connectivity index (χ1v) is 10.7. The lowest BCUT2D eigenvalue weighted by Crippen LogP contribution is -2.41. The molecule has 31 heavy (non-hydrogen) atoms. The predicted molar refractivity (Wildman–Crippen MR) is 117 cm³/mol. The average Bonchev–Trinajstić information content (AvgIpc) is 3.25. The summed E-state index contributed by atoms with van der Waals surface area (Å²) >= 11 is 5.98. The molecular formula is C22H25ClN4O4. The number of likely N-dealkylation sites (tertiary alicyclic amines) is 1. The van der Waals surface area contributed by atoms with Crippen LogP contribution in [0.25, 0.3) is 0 Å². The van der Waals surface area contributed by atoms with Crippen molar-refractivity contribution in [3.8, 4) is 5.88 Å². The number of hydrogen-bond acceptors (Lipinski definition) is 5. The molecule has 0 spiro atoms. The molecule has 1 aromatic carbocycles. The zero-order valence-corrected chi connectivity index (χ0v) is 18.1. The van der Waals surface area contributed by atoms with Gasteiger partial charge in [-0.1, -0.05) is 11.6 Å². The number of nitrogens with one attached hydrogen (secondary N) is 1. The van der Waals surface area contributed by atoms with Crippen LogP contribution in [-0.2, 0) is 4.74 Å². The van der Waals surface area contributed by atoms with E-state index in [1.165, 1.54) is 0 Å². The summed E-state index contributed by atoms with van der Waals surface area (Å²) < 4.78 is 11.4. The number of aromatic nitrogens is 1. The van der Waals surface area contributed by atoms with E-state index in [-0.39, 0.29) is 18.0 Å². The van der Waals surface area contributed by atoms with Gasteiger partial charge < -0.3 is 24.6 Å². The molecule has 2 aromatic rings. The zero-order chi connectivity index (χ0) is 21.8. The van der Waals surface area contributed by atoms with Gasteiger partial charge in [0.05, 0.1) is 19.8 Å². The van der Waals surface area contributed by atoms with E-state index in [4.69, 9.17) is 21.1 Å². The molecule has 1 N–H and O–H groups in total. The Morgan fingerprint density at radius 1 is 1.19 bits per heavy atom. The normalized spacial score (nSPS) is 18.7. The number of aryl methyl sites for hydroxylation is 1. The highest BCUT2D eigenvalue weighted by Crippen LogP contribution is 2.24. The fourth-order valence-corrected chi connectivity index (χ4v) is 3.94. The fraction of sp³-hybridized carbons (Fsp3) is 0.409. The number of hydrogen-bond donors (Lipinski definition) is 1. The van der Waals surface area contributed by atoms with Gasteiger partial charge in [-0.2, -0.15) is 0 Å². The van der Waals surface area contributed by atoms with Crippen LogP contribution in [0, 0.1) is 6.92 Å².